The summed E-state index contributed by atoms with van der Waals surface area (Å²) >= 11 is 6.32. The van der Waals surface area contributed by atoms with Crippen LogP contribution in [0.1, 0.15) is 35.8 Å². The van der Waals surface area contributed by atoms with E-state index in [4.69, 9.17) is 20.5 Å². The van der Waals surface area contributed by atoms with Gasteiger partial charge < -0.3 is 8.94 Å². The first kappa shape index (κ1) is 20.8. The van der Waals surface area contributed by atoms with Crippen LogP contribution in [-0.4, -0.2) is 28.1 Å². The van der Waals surface area contributed by atoms with Crippen molar-refractivity contribution < 1.29 is 13.3 Å². The van der Waals surface area contributed by atoms with Gasteiger partial charge in [-0.3, -0.25) is 4.90 Å². The first-order valence-electron chi connectivity index (χ1n) is 10.5. The van der Waals surface area contributed by atoms with Gasteiger partial charge in [0.25, 0.3) is 0 Å². The molecule has 8 heteroatoms. The zero-order valence-corrected chi connectivity index (χ0v) is 18.2. The summed E-state index contributed by atoms with van der Waals surface area (Å²) in [6.45, 7) is 4.07. The highest BCUT2D eigenvalue weighted by Crippen LogP contribution is 2.30. The van der Waals surface area contributed by atoms with Crippen LogP contribution in [0, 0.1) is 12.7 Å². The van der Waals surface area contributed by atoms with Gasteiger partial charge in [-0.1, -0.05) is 28.9 Å². The van der Waals surface area contributed by atoms with E-state index in [0.717, 1.165) is 35.9 Å². The van der Waals surface area contributed by atoms with Crippen molar-refractivity contribution in [1.29, 1.82) is 0 Å². The first-order valence-corrected chi connectivity index (χ1v) is 10.9. The Morgan fingerprint density at radius 3 is 2.97 bits per heavy atom. The molecule has 1 fully saturated rings. The average molecular weight is 454 g/mol. The number of fused-ring (bicyclic) bond motifs is 1. The van der Waals surface area contributed by atoms with E-state index in [0.29, 0.717) is 41.0 Å². The van der Waals surface area contributed by atoms with Crippen LogP contribution >= 0.6 is 11.6 Å². The molecule has 0 bridgehead atoms. The number of nitrogens with zero attached hydrogens (tertiary/aromatic N) is 3. The topological polar surface area (TPSA) is 72.4 Å². The lowest BCUT2D eigenvalue weighted by molar-refractivity contribution is 0.180. The van der Waals surface area contributed by atoms with Crippen LogP contribution in [-0.2, 0) is 6.54 Å². The molecular formula is C24H21ClFN3O3. The maximum atomic E-state index is 13.5. The summed E-state index contributed by atoms with van der Waals surface area (Å²) in [7, 11) is 0. The Bertz CT molecular complexity index is 1350. The fraction of sp³-hybridized carbons (Fsp3) is 0.292. The Morgan fingerprint density at radius 1 is 1.25 bits per heavy atom. The van der Waals surface area contributed by atoms with Gasteiger partial charge in [0.05, 0.1) is 5.92 Å². The summed E-state index contributed by atoms with van der Waals surface area (Å²) < 4.78 is 24.4. The van der Waals surface area contributed by atoms with Gasteiger partial charge >= 0.3 is 5.63 Å². The number of rotatable bonds is 4. The molecule has 2 aromatic carbocycles. The Hall–Kier alpha value is -3.03. The quantitative estimate of drug-likeness (QED) is 0.389. The van der Waals surface area contributed by atoms with Gasteiger partial charge in [-0.15, -0.1) is 0 Å². The Balaban J connectivity index is 1.37. The van der Waals surface area contributed by atoms with Crippen molar-refractivity contribution in [1.82, 2.24) is 15.0 Å². The fourth-order valence-corrected chi connectivity index (χ4v) is 4.43. The number of hydrogen-bond donors (Lipinski definition) is 0. The number of piperidine rings is 1. The lowest BCUT2D eigenvalue weighted by Crippen LogP contribution is -2.34. The monoisotopic (exact) mass is 453 g/mol. The number of halogens is 2. The van der Waals surface area contributed by atoms with E-state index >= 15 is 0 Å². The van der Waals surface area contributed by atoms with Gasteiger partial charge in [-0.25, -0.2) is 9.18 Å². The largest absolute Gasteiger partial charge is 0.423 e. The Morgan fingerprint density at radius 2 is 2.12 bits per heavy atom. The van der Waals surface area contributed by atoms with Crippen LogP contribution < -0.4 is 5.63 Å². The van der Waals surface area contributed by atoms with Gasteiger partial charge in [0.2, 0.25) is 11.7 Å². The lowest BCUT2D eigenvalue weighted by Gasteiger charge is -2.31. The van der Waals surface area contributed by atoms with E-state index in [9.17, 15) is 9.18 Å². The third-order valence-electron chi connectivity index (χ3n) is 5.88. The van der Waals surface area contributed by atoms with Crippen LogP contribution in [0.15, 0.2) is 56.2 Å². The Labute approximate surface area is 188 Å². The number of aromatic nitrogens is 2. The minimum atomic E-state index is -0.376. The van der Waals surface area contributed by atoms with Crippen LogP contribution in [0.5, 0.6) is 0 Å². The van der Waals surface area contributed by atoms with Gasteiger partial charge in [0, 0.05) is 35.1 Å². The zero-order valence-electron chi connectivity index (χ0n) is 17.5. The van der Waals surface area contributed by atoms with Gasteiger partial charge in [0.15, 0.2) is 0 Å². The van der Waals surface area contributed by atoms with Crippen molar-refractivity contribution in [3.63, 3.8) is 0 Å². The molecule has 1 saturated heterocycles. The molecule has 0 saturated carbocycles. The summed E-state index contributed by atoms with van der Waals surface area (Å²) in [4.78, 5) is 18.9. The summed E-state index contributed by atoms with van der Waals surface area (Å²) in [5.74, 6) is 0.654. The predicted molar refractivity (Wildman–Crippen MR) is 119 cm³/mol. The molecule has 164 valence electrons. The number of hydrogen-bond acceptors (Lipinski definition) is 6. The second-order valence-electron chi connectivity index (χ2n) is 8.23. The van der Waals surface area contributed by atoms with E-state index in [1.165, 1.54) is 18.2 Å². The Kier molecular flexibility index (Phi) is 5.53. The minimum Gasteiger partial charge on any atom is -0.423 e. The highest BCUT2D eigenvalue weighted by Gasteiger charge is 2.27. The third-order valence-corrected chi connectivity index (χ3v) is 6.29. The number of benzene rings is 2. The molecule has 2 aromatic heterocycles. The zero-order chi connectivity index (χ0) is 22.2. The first-order chi connectivity index (χ1) is 15.5. The van der Waals surface area contributed by atoms with Crippen LogP contribution in [0.4, 0.5) is 4.39 Å². The molecule has 1 atom stereocenters. The van der Waals surface area contributed by atoms with E-state index in [1.54, 1.807) is 18.2 Å². The third kappa shape index (κ3) is 4.18. The van der Waals surface area contributed by atoms with Crippen LogP contribution in [0.25, 0.3) is 22.4 Å². The smallest absolute Gasteiger partial charge is 0.336 e. The molecule has 32 heavy (non-hydrogen) atoms. The second-order valence-corrected chi connectivity index (χ2v) is 8.64. The second kappa shape index (κ2) is 8.48. The highest BCUT2D eigenvalue weighted by atomic mass is 35.5. The fourth-order valence-electron chi connectivity index (χ4n) is 4.27. The predicted octanol–water partition coefficient (Wildman–Crippen LogP) is 5.32. The van der Waals surface area contributed by atoms with Gasteiger partial charge in [0.1, 0.15) is 11.4 Å². The standard InChI is InChI=1S/C24H21ClFN3O3/c1-14-8-21-19(11-20(14)25)17(10-22(30)31-21)13-29-7-3-5-16(12-29)24-27-23(28-32-24)15-4-2-6-18(26)9-15/h2,4,6,8-11,16H,3,5,7,12-13H2,1H3. The summed E-state index contributed by atoms with van der Waals surface area (Å²) in [5, 5.41) is 5.52. The summed E-state index contributed by atoms with van der Waals surface area (Å²) in [6.07, 6.45) is 1.88. The maximum absolute atomic E-state index is 13.5. The summed E-state index contributed by atoms with van der Waals surface area (Å²) in [5.41, 5.74) is 2.49. The normalized spacial score (nSPS) is 17.2. The molecule has 1 unspecified atom stereocenters. The van der Waals surface area contributed by atoms with E-state index in [2.05, 4.69) is 15.0 Å². The van der Waals surface area contributed by atoms with Crippen molar-refractivity contribution in [2.24, 2.45) is 0 Å². The van der Waals surface area contributed by atoms with Gasteiger partial charge in [-0.2, -0.15) is 4.98 Å². The van der Waals surface area contributed by atoms with E-state index in [1.807, 2.05) is 13.0 Å². The van der Waals surface area contributed by atoms with Crippen molar-refractivity contribution in [3.05, 3.63) is 80.7 Å². The van der Waals surface area contributed by atoms with Crippen molar-refractivity contribution in [2.45, 2.75) is 32.2 Å². The molecule has 6 nitrogen and oxygen atoms in total. The molecule has 0 amide bonds. The van der Waals surface area contributed by atoms with Crippen LogP contribution in [0.2, 0.25) is 5.02 Å². The molecule has 0 spiro atoms. The average Bonchev–Trinajstić information content (AvgIpc) is 3.26. The summed E-state index contributed by atoms with van der Waals surface area (Å²) in [6, 6.07) is 11.3. The molecule has 3 heterocycles. The molecule has 0 aliphatic carbocycles. The van der Waals surface area contributed by atoms with Crippen molar-refractivity contribution >= 4 is 22.6 Å². The van der Waals surface area contributed by atoms with Crippen molar-refractivity contribution in [3.8, 4) is 11.4 Å². The lowest BCUT2D eigenvalue weighted by atomic mass is 9.97. The molecule has 4 aromatic rings. The van der Waals surface area contributed by atoms with E-state index in [-0.39, 0.29) is 17.4 Å². The van der Waals surface area contributed by atoms with Crippen molar-refractivity contribution in [2.75, 3.05) is 13.1 Å². The molecule has 5 rings (SSSR count). The molecule has 1 aliphatic rings. The molecule has 0 radical (unpaired) electrons. The van der Waals surface area contributed by atoms with Crippen LogP contribution in [0.3, 0.4) is 0 Å². The molecule has 0 N–H and O–H groups in total. The highest BCUT2D eigenvalue weighted by molar-refractivity contribution is 6.32. The minimum absolute atomic E-state index is 0.0655. The molecular weight excluding hydrogens is 433 g/mol. The maximum Gasteiger partial charge on any atom is 0.336 e. The number of likely N-dealkylation sites (tertiary alicyclic amines) is 1. The van der Waals surface area contributed by atoms with E-state index < -0.39 is 0 Å². The van der Waals surface area contributed by atoms with Gasteiger partial charge in [-0.05, 0) is 61.7 Å². The SMILES string of the molecule is Cc1cc2oc(=O)cc(CN3CCCC(c4nc(-c5cccc(F)c5)no4)C3)c2cc1Cl. The number of aryl methyl sites for hydroxylation is 1. The molecule has 1 aliphatic heterocycles.